The first kappa shape index (κ1) is 24.8. The molecule has 2 aliphatic heterocycles. The lowest BCUT2D eigenvalue weighted by Crippen LogP contribution is -2.56. The zero-order valence-corrected chi connectivity index (χ0v) is 22.2. The van der Waals surface area contributed by atoms with Crippen molar-refractivity contribution in [2.75, 3.05) is 47.2 Å². The Morgan fingerprint density at radius 1 is 1.17 bits per heavy atom. The van der Waals surface area contributed by atoms with Gasteiger partial charge in [-0.3, -0.25) is 9.52 Å². The smallest absolute Gasteiger partial charge is 0.263 e. The fraction of sp³-hybridized carbons (Fsp3) is 0.375. The Balaban J connectivity index is 1.20. The second-order valence-electron chi connectivity index (χ2n) is 9.03. The summed E-state index contributed by atoms with van der Waals surface area (Å²) in [6, 6.07) is 12.7. The summed E-state index contributed by atoms with van der Waals surface area (Å²) < 4.78 is 31.4. The topological polar surface area (TPSA) is 98.7 Å². The van der Waals surface area contributed by atoms with Crippen LogP contribution < -0.4 is 14.5 Å². The van der Waals surface area contributed by atoms with Gasteiger partial charge in [-0.1, -0.05) is 11.6 Å². The number of carbonyl (C=O) groups is 1. The van der Waals surface area contributed by atoms with Crippen LogP contribution in [-0.2, 0) is 21.2 Å². The monoisotopic (exact) mass is 546 g/mol. The summed E-state index contributed by atoms with van der Waals surface area (Å²) in [6.45, 7) is 5.23. The van der Waals surface area contributed by atoms with Crippen molar-refractivity contribution >= 4 is 55.6 Å². The number of sulfonamides is 1. The number of anilines is 3. The largest absolute Gasteiger partial charge is 0.368 e. The number of nitrogens with zero attached hydrogens (tertiary/aromatic N) is 5. The van der Waals surface area contributed by atoms with E-state index in [0.29, 0.717) is 26.2 Å². The van der Waals surface area contributed by atoms with E-state index >= 15 is 0 Å². The van der Waals surface area contributed by atoms with Gasteiger partial charge in [0.15, 0.2) is 0 Å². The predicted molar refractivity (Wildman–Crippen MR) is 143 cm³/mol. The quantitative estimate of drug-likeness (QED) is 0.505. The van der Waals surface area contributed by atoms with Gasteiger partial charge in [0.2, 0.25) is 11.0 Å². The van der Waals surface area contributed by atoms with Crippen molar-refractivity contribution in [3.63, 3.8) is 0 Å². The van der Waals surface area contributed by atoms with Crippen molar-refractivity contribution in [2.24, 2.45) is 0 Å². The van der Waals surface area contributed by atoms with Crippen LogP contribution in [0.4, 0.5) is 16.5 Å². The minimum Gasteiger partial charge on any atom is -0.368 e. The van der Waals surface area contributed by atoms with Crippen LogP contribution in [0, 0.1) is 0 Å². The van der Waals surface area contributed by atoms with E-state index in [0.717, 1.165) is 47.3 Å². The van der Waals surface area contributed by atoms with Crippen LogP contribution in [0.5, 0.6) is 0 Å². The molecule has 0 saturated carbocycles. The molecule has 3 aromatic rings. The molecule has 9 nitrogen and oxygen atoms in total. The molecule has 0 unspecified atom stereocenters. The van der Waals surface area contributed by atoms with Gasteiger partial charge >= 0.3 is 0 Å². The number of benzene rings is 2. The van der Waals surface area contributed by atoms with Crippen molar-refractivity contribution in [1.82, 2.24) is 14.3 Å². The molecular formula is C24H27ClN6O3S2. The molecular weight excluding hydrogens is 520 g/mol. The third-order valence-corrected chi connectivity index (χ3v) is 8.92. The molecule has 1 N–H and O–H groups in total. The highest BCUT2D eigenvalue weighted by atomic mass is 35.5. The molecule has 2 aliphatic rings. The lowest BCUT2D eigenvalue weighted by Gasteiger charge is -2.42. The van der Waals surface area contributed by atoms with Crippen molar-refractivity contribution < 1.29 is 13.2 Å². The van der Waals surface area contributed by atoms with Gasteiger partial charge in [-0.15, -0.1) is 0 Å². The summed E-state index contributed by atoms with van der Waals surface area (Å²) in [5, 5.41) is 0.955. The Morgan fingerprint density at radius 2 is 1.97 bits per heavy atom. The van der Waals surface area contributed by atoms with E-state index in [-0.39, 0.29) is 22.0 Å². The number of aromatic nitrogens is 2. The number of fused-ring (bicyclic) bond motifs is 1. The first-order valence-corrected chi connectivity index (χ1v) is 14.4. The van der Waals surface area contributed by atoms with E-state index in [1.807, 2.05) is 23.1 Å². The summed E-state index contributed by atoms with van der Waals surface area (Å²) in [7, 11) is -3.72. The summed E-state index contributed by atoms with van der Waals surface area (Å²) in [5.74, 6) is 0.120. The number of hydrogen-bond donors (Lipinski definition) is 1. The summed E-state index contributed by atoms with van der Waals surface area (Å²) in [4.78, 5) is 23.6. The van der Waals surface area contributed by atoms with Crippen LogP contribution in [0.3, 0.4) is 0 Å². The average Bonchev–Trinajstić information content (AvgIpc) is 3.36. The van der Waals surface area contributed by atoms with Gasteiger partial charge in [-0.25, -0.2) is 13.4 Å². The molecule has 190 valence electrons. The Morgan fingerprint density at radius 3 is 2.69 bits per heavy atom. The summed E-state index contributed by atoms with van der Waals surface area (Å²) >= 11 is 7.14. The Bertz CT molecular complexity index is 1330. The highest BCUT2D eigenvalue weighted by Gasteiger charge is 2.30. The lowest BCUT2D eigenvalue weighted by atomic mass is 10.0. The summed E-state index contributed by atoms with van der Waals surface area (Å²) in [6.07, 6.45) is 3.29. The number of rotatable bonds is 6. The van der Waals surface area contributed by atoms with Crippen LogP contribution in [0.25, 0.3) is 0 Å². The van der Waals surface area contributed by atoms with E-state index in [4.69, 9.17) is 11.6 Å². The molecule has 0 spiro atoms. The van der Waals surface area contributed by atoms with Crippen molar-refractivity contribution in [2.45, 2.75) is 30.7 Å². The van der Waals surface area contributed by atoms with Crippen LogP contribution >= 0.6 is 23.1 Å². The maximum Gasteiger partial charge on any atom is 0.263 e. The molecule has 1 aromatic heterocycles. The highest BCUT2D eigenvalue weighted by molar-refractivity contribution is 7.93. The number of nitrogens with one attached hydrogen (secondary N) is 1. The van der Waals surface area contributed by atoms with Gasteiger partial charge in [0.1, 0.15) is 6.33 Å². The van der Waals surface area contributed by atoms with Crippen molar-refractivity contribution in [3.05, 3.63) is 59.4 Å². The number of halogens is 1. The Labute approximate surface area is 219 Å². The van der Waals surface area contributed by atoms with Gasteiger partial charge < -0.3 is 14.7 Å². The van der Waals surface area contributed by atoms with Gasteiger partial charge in [0.25, 0.3) is 10.0 Å². The Hall–Kier alpha value is -2.89. The second-order valence-corrected chi connectivity index (χ2v) is 11.9. The number of amides is 1. The molecule has 5 rings (SSSR count). The molecule has 1 saturated heterocycles. The standard InChI is InChI=1S/C24H27ClN6O3S2/c1-17-14-29(20-5-7-21(8-6-20)36(33,34)28-24-26-16-27-35-24)11-12-31(17)23(32)15-30-10-2-3-18-13-19(25)4-9-22(18)30/h4-9,13,16-17H,2-3,10-12,14-15H2,1H3,(H,26,27,28)/t17-/m1/s1. The van der Waals surface area contributed by atoms with Gasteiger partial charge in [-0.05, 0) is 67.8 Å². The minimum atomic E-state index is -3.72. The third-order valence-electron chi connectivity index (χ3n) is 6.63. The molecule has 36 heavy (non-hydrogen) atoms. The number of carbonyl (C=O) groups excluding carboxylic acids is 1. The van der Waals surface area contributed by atoms with E-state index in [2.05, 4.69) is 30.8 Å². The fourth-order valence-corrected chi connectivity index (χ4v) is 6.71. The van der Waals surface area contributed by atoms with E-state index in [9.17, 15) is 13.2 Å². The van der Waals surface area contributed by atoms with Gasteiger partial charge in [-0.2, -0.15) is 4.37 Å². The van der Waals surface area contributed by atoms with Crippen LogP contribution in [0.2, 0.25) is 5.02 Å². The molecule has 0 radical (unpaired) electrons. The lowest BCUT2D eigenvalue weighted by molar-refractivity contribution is -0.132. The first-order valence-electron chi connectivity index (χ1n) is 11.8. The molecule has 0 aliphatic carbocycles. The SMILES string of the molecule is C[C@@H]1CN(c2ccc(S(=O)(=O)Nc3ncns3)cc2)CCN1C(=O)CN1CCCc2cc(Cl)ccc21. The summed E-state index contributed by atoms with van der Waals surface area (Å²) in [5.41, 5.74) is 3.22. The van der Waals surface area contributed by atoms with Gasteiger partial charge in [0, 0.05) is 60.2 Å². The van der Waals surface area contributed by atoms with E-state index in [1.54, 1.807) is 24.3 Å². The molecule has 3 heterocycles. The maximum absolute atomic E-state index is 13.2. The zero-order valence-electron chi connectivity index (χ0n) is 19.8. The Kier molecular flexibility index (Phi) is 7.05. The van der Waals surface area contributed by atoms with Crippen LogP contribution in [-0.4, -0.2) is 67.3 Å². The van der Waals surface area contributed by atoms with E-state index in [1.165, 1.54) is 11.9 Å². The number of hydrogen-bond acceptors (Lipinski definition) is 8. The van der Waals surface area contributed by atoms with Crippen LogP contribution in [0.1, 0.15) is 18.9 Å². The normalized spacial score (nSPS) is 18.2. The first-order chi connectivity index (χ1) is 17.3. The molecule has 2 aromatic carbocycles. The average molecular weight is 547 g/mol. The predicted octanol–water partition coefficient (Wildman–Crippen LogP) is 3.48. The van der Waals surface area contributed by atoms with Gasteiger partial charge in [0.05, 0.1) is 11.4 Å². The molecule has 12 heteroatoms. The molecule has 1 fully saturated rings. The van der Waals surface area contributed by atoms with E-state index < -0.39 is 10.0 Å². The maximum atomic E-state index is 13.2. The third kappa shape index (κ3) is 5.28. The number of aryl methyl sites for hydroxylation is 1. The highest BCUT2D eigenvalue weighted by Crippen LogP contribution is 2.30. The minimum absolute atomic E-state index is 0.0307. The van der Waals surface area contributed by atoms with Crippen molar-refractivity contribution in [3.8, 4) is 0 Å². The zero-order chi connectivity index (χ0) is 25.3. The second kappa shape index (κ2) is 10.2. The molecule has 0 bridgehead atoms. The molecule has 1 atom stereocenters. The molecule has 1 amide bonds. The van der Waals surface area contributed by atoms with Crippen molar-refractivity contribution in [1.29, 1.82) is 0 Å². The number of piperazine rings is 1. The fourth-order valence-electron chi connectivity index (χ4n) is 4.85. The van der Waals surface area contributed by atoms with Crippen LogP contribution in [0.15, 0.2) is 53.7 Å².